The van der Waals surface area contributed by atoms with Crippen LogP contribution in [-0.4, -0.2) is 60.3 Å². The molecule has 1 saturated heterocycles. The van der Waals surface area contributed by atoms with Crippen molar-refractivity contribution in [3.8, 4) is 11.8 Å². The van der Waals surface area contributed by atoms with E-state index in [1.165, 1.54) is 18.4 Å². The fraction of sp³-hybridized carbons (Fsp3) is 0.696. The van der Waals surface area contributed by atoms with Crippen molar-refractivity contribution >= 4 is 0 Å². The third-order valence-electron chi connectivity index (χ3n) is 8.31. The number of hydrogen-bond donors (Lipinski definition) is 1. The van der Waals surface area contributed by atoms with Gasteiger partial charge in [0.2, 0.25) is 5.79 Å². The van der Waals surface area contributed by atoms with E-state index in [0.29, 0.717) is 37.4 Å². The summed E-state index contributed by atoms with van der Waals surface area (Å²) >= 11 is 0. The number of nitrogens with zero attached hydrogens (tertiary/aromatic N) is 2. The molecule has 6 heteroatoms. The van der Waals surface area contributed by atoms with Gasteiger partial charge < -0.3 is 19.3 Å². The van der Waals surface area contributed by atoms with E-state index in [4.69, 9.17) is 14.2 Å². The molecule has 29 heavy (non-hydrogen) atoms. The molecule has 2 heterocycles. The van der Waals surface area contributed by atoms with E-state index in [9.17, 15) is 10.4 Å². The number of hydrogen-bond acceptors (Lipinski definition) is 6. The maximum Gasteiger partial charge on any atom is 0.207 e. The van der Waals surface area contributed by atoms with Crippen LogP contribution in [-0.2, 0) is 21.3 Å². The van der Waals surface area contributed by atoms with Crippen molar-refractivity contribution in [1.82, 2.24) is 4.90 Å². The van der Waals surface area contributed by atoms with Gasteiger partial charge in [-0.15, -0.1) is 0 Å². The first-order valence-electron chi connectivity index (χ1n) is 10.9. The molecule has 0 bridgehead atoms. The molecule has 5 aliphatic rings. The van der Waals surface area contributed by atoms with E-state index >= 15 is 0 Å². The third kappa shape index (κ3) is 2.14. The number of aliphatic hydroxyl groups is 1. The van der Waals surface area contributed by atoms with Gasteiger partial charge in [-0.3, -0.25) is 4.90 Å². The van der Waals surface area contributed by atoms with Crippen LogP contribution < -0.4 is 4.74 Å². The monoisotopic (exact) mass is 396 g/mol. The maximum absolute atomic E-state index is 12.4. The average molecular weight is 396 g/mol. The Morgan fingerprint density at radius 2 is 2.00 bits per heavy atom. The standard InChI is InChI=1S/C23H28N2O4/c1-21-18-15-5-6-16(12-24)19(18)29-20(21)23(27-9-10-28-23)8-7-22(21,26)17(11-15)25(2)13-14-3-4-14/h5-6,14,17,20,26H,3-4,7-11,13H2,1-2H3. The Labute approximate surface area is 171 Å². The summed E-state index contributed by atoms with van der Waals surface area (Å²) in [4.78, 5) is 2.37. The average Bonchev–Trinajstić information content (AvgIpc) is 3.27. The van der Waals surface area contributed by atoms with Crippen LogP contribution in [0, 0.1) is 17.2 Å². The smallest absolute Gasteiger partial charge is 0.207 e. The molecule has 0 amide bonds. The summed E-state index contributed by atoms with van der Waals surface area (Å²) in [5, 5.41) is 22.1. The normalized spacial score (nSPS) is 38.7. The second-order valence-electron chi connectivity index (χ2n) is 9.82. The molecule has 1 spiro atoms. The summed E-state index contributed by atoms with van der Waals surface area (Å²) < 4.78 is 18.8. The molecule has 154 valence electrons. The Morgan fingerprint density at radius 3 is 2.69 bits per heavy atom. The molecule has 4 unspecified atom stereocenters. The number of fused-ring (bicyclic) bond motifs is 1. The first-order valence-corrected chi connectivity index (χ1v) is 10.9. The highest BCUT2D eigenvalue weighted by Gasteiger charge is 2.74. The van der Waals surface area contributed by atoms with Gasteiger partial charge >= 0.3 is 0 Å². The second kappa shape index (κ2) is 5.73. The van der Waals surface area contributed by atoms with Crippen molar-refractivity contribution < 1.29 is 19.3 Å². The van der Waals surface area contributed by atoms with Gasteiger partial charge in [-0.2, -0.15) is 5.26 Å². The lowest BCUT2D eigenvalue weighted by Crippen LogP contribution is -2.75. The Kier molecular flexibility index (Phi) is 3.59. The summed E-state index contributed by atoms with van der Waals surface area (Å²) in [7, 11) is 2.15. The molecular formula is C23H28N2O4. The van der Waals surface area contributed by atoms with Crippen LogP contribution >= 0.6 is 0 Å². The largest absolute Gasteiger partial charge is 0.482 e. The zero-order valence-electron chi connectivity index (χ0n) is 17.1. The van der Waals surface area contributed by atoms with E-state index in [-0.39, 0.29) is 6.04 Å². The summed E-state index contributed by atoms with van der Waals surface area (Å²) in [6, 6.07) is 6.21. The fourth-order valence-corrected chi connectivity index (χ4v) is 6.68. The quantitative estimate of drug-likeness (QED) is 0.844. The highest BCUT2D eigenvalue weighted by molar-refractivity contribution is 5.62. The lowest BCUT2D eigenvalue weighted by Gasteiger charge is -2.60. The lowest BCUT2D eigenvalue weighted by atomic mass is 9.51. The molecule has 1 N–H and O–H groups in total. The van der Waals surface area contributed by atoms with Crippen LogP contribution in [0.5, 0.6) is 5.75 Å². The molecule has 1 aromatic rings. The zero-order chi connectivity index (χ0) is 20.0. The molecule has 4 atom stereocenters. The van der Waals surface area contributed by atoms with Gasteiger partial charge in [0, 0.05) is 24.6 Å². The lowest BCUT2D eigenvalue weighted by molar-refractivity contribution is -0.283. The van der Waals surface area contributed by atoms with E-state index in [2.05, 4.69) is 31.0 Å². The van der Waals surface area contributed by atoms with Crippen molar-refractivity contribution in [3.63, 3.8) is 0 Å². The van der Waals surface area contributed by atoms with Gasteiger partial charge in [0.15, 0.2) is 6.10 Å². The topological polar surface area (TPSA) is 75.0 Å². The minimum Gasteiger partial charge on any atom is -0.482 e. The van der Waals surface area contributed by atoms with Gasteiger partial charge in [-0.25, -0.2) is 0 Å². The molecule has 2 aliphatic heterocycles. The number of ether oxygens (including phenoxy) is 3. The van der Waals surface area contributed by atoms with Crippen LogP contribution in [0.3, 0.4) is 0 Å². The summed E-state index contributed by atoms with van der Waals surface area (Å²) in [5.74, 6) is 0.530. The Balaban J connectivity index is 1.54. The van der Waals surface area contributed by atoms with Gasteiger partial charge in [-0.1, -0.05) is 6.07 Å². The number of benzene rings is 1. The van der Waals surface area contributed by atoms with Crippen LogP contribution in [0.1, 0.15) is 49.3 Å². The highest BCUT2D eigenvalue weighted by Crippen LogP contribution is 2.64. The molecular weight excluding hydrogens is 368 g/mol. The molecule has 0 aromatic heterocycles. The van der Waals surface area contributed by atoms with Crippen molar-refractivity contribution in [2.75, 3.05) is 26.8 Å². The molecule has 2 saturated carbocycles. The predicted molar refractivity (Wildman–Crippen MR) is 105 cm³/mol. The van der Waals surface area contributed by atoms with E-state index in [1.54, 1.807) is 0 Å². The first kappa shape index (κ1) is 18.1. The van der Waals surface area contributed by atoms with Crippen LogP contribution in [0.15, 0.2) is 12.1 Å². The third-order valence-corrected chi connectivity index (χ3v) is 8.31. The molecule has 6 nitrogen and oxygen atoms in total. The molecule has 1 aromatic carbocycles. The fourth-order valence-electron chi connectivity index (χ4n) is 6.68. The van der Waals surface area contributed by atoms with Crippen molar-refractivity contribution in [2.24, 2.45) is 5.92 Å². The van der Waals surface area contributed by atoms with Crippen molar-refractivity contribution in [2.45, 2.75) is 68.0 Å². The number of rotatable bonds is 3. The molecule has 3 aliphatic carbocycles. The highest BCUT2D eigenvalue weighted by atomic mass is 16.8. The maximum atomic E-state index is 12.4. The van der Waals surface area contributed by atoms with Crippen molar-refractivity contribution in [3.05, 3.63) is 28.8 Å². The van der Waals surface area contributed by atoms with Gasteiger partial charge in [0.1, 0.15) is 11.8 Å². The van der Waals surface area contributed by atoms with Crippen LogP contribution in [0.25, 0.3) is 0 Å². The van der Waals surface area contributed by atoms with Crippen LogP contribution in [0.2, 0.25) is 0 Å². The van der Waals surface area contributed by atoms with Crippen molar-refractivity contribution in [1.29, 1.82) is 5.26 Å². The molecule has 6 rings (SSSR count). The first-order chi connectivity index (χ1) is 13.9. The molecule has 3 fully saturated rings. The van der Waals surface area contributed by atoms with E-state index in [0.717, 1.165) is 24.4 Å². The van der Waals surface area contributed by atoms with Gasteiger partial charge in [-0.05, 0) is 57.2 Å². The Hall–Kier alpha value is -1.65. The Bertz CT molecular complexity index is 916. The Morgan fingerprint density at radius 1 is 1.24 bits per heavy atom. The number of likely N-dealkylation sites (N-methyl/N-ethyl adjacent to an activating group) is 1. The number of nitriles is 1. The van der Waals surface area contributed by atoms with E-state index in [1.807, 2.05) is 6.07 Å². The second-order valence-corrected chi connectivity index (χ2v) is 9.82. The summed E-state index contributed by atoms with van der Waals surface area (Å²) in [6.07, 6.45) is 4.08. The van der Waals surface area contributed by atoms with Gasteiger partial charge in [0.05, 0.1) is 29.8 Å². The zero-order valence-corrected chi connectivity index (χ0v) is 17.1. The molecule has 0 radical (unpaired) electrons. The minimum atomic E-state index is -0.964. The SMILES string of the molecule is CN(CC1CC1)C1Cc2ccc(C#N)c3c2C2(C)C(O3)C3(CCC12O)OCCO3. The van der Waals surface area contributed by atoms with E-state index < -0.39 is 22.9 Å². The summed E-state index contributed by atoms with van der Waals surface area (Å²) in [5.41, 5.74) is 1.05. The van der Waals surface area contributed by atoms with Gasteiger partial charge in [0.25, 0.3) is 0 Å². The van der Waals surface area contributed by atoms with Crippen LogP contribution in [0.4, 0.5) is 0 Å². The predicted octanol–water partition coefficient (Wildman–Crippen LogP) is 2.11. The minimum absolute atomic E-state index is 0.00402. The summed E-state index contributed by atoms with van der Waals surface area (Å²) in [6.45, 7) is 4.20.